The van der Waals surface area contributed by atoms with Crippen LogP contribution in [-0.4, -0.2) is 85.9 Å². The van der Waals surface area contributed by atoms with Gasteiger partial charge >= 0.3 is 0 Å². The van der Waals surface area contributed by atoms with Gasteiger partial charge in [0.15, 0.2) is 17.3 Å². The molecule has 174 valence electrons. The van der Waals surface area contributed by atoms with E-state index in [0.29, 0.717) is 43.4 Å². The second-order valence-electron chi connectivity index (χ2n) is 7.96. The predicted octanol–water partition coefficient (Wildman–Crippen LogP) is 1.38. The number of ketones is 2. The fourth-order valence-corrected chi connectivity index (χ4v) is 4.39. The summed E-state index contributed by atoms with van der Waals surface area (Å²) >= 11 is 0. The summed E-state index contributed by atoms with van der Waals surface area (Å²) in [5.41, 5.74) is 0.931. The number of pyridine rings is 1. The van der Waals surface area contributed by atoms with Crippen LogP contribution in [-0.2, 0) is 14.3 Å². The van der Waals surface area contributed by atoms with E-state index in [1.807, 2.05) is 0 Å². The van der Waals surface area contributed by atoms with E-state index in [2.05, 4.69) is 9.88 Å². The minimum Gasteiger partial charge on any atom is -0.493 e. The number of carbonyl (C=O) groups is 3. The van der Waals surface area contributed by atoms with Crippen LogP contribution in [0.4, 0.5) is 0 Å². The number of hydrogen-bond donors (Lipinski definition) is 0. The SMILES string of the molecule is COc1ccc(C(=O)C2C(=O)C(=O)N(CCN3CCOCC3)C2c2cccnc2)cc1OC. The van der Waals surface area contributed by atoms with Crippen LogP contribution in [0.3, 0.4) is 0 Å². The summed E-state index contributed by atoms with van der Waals surface area (Å²) in [5, 5.41) is 0. The second-order valence-corrected chi connectivity index (χ2v) is 7.96. The van der Waals surface area contributed by atoms with Crippen LogP contribution in [0.1, 0.15) is 22.0 Å². The Morgan fingerprint density at radius 2 is 1.85 bits per heavy atom. The lowest BCUT2D eigenvalue weighted by atomic mass is 9.86. The maximum atomic E-state index is 13.6. The number of nitrogens with zero attached hydrogens (tertiary/aromatic N) is 3. The van der Waals surface area contributed by atoms with Gasteiger partial charge in [0.1, 0.15) is 5.92 Å². The third-order valence-corrected chi connectivity index (χ3v) is 6.14. The molecule has 2 atom stereocenters. The van der Waals surface area contributed by atoms with Crippen molar-refractivity contribution in [2.45, 2.75) is 6.04 Å². The van der Waals surface area contributed by atoms with Crippen LogP contribution in [0.2, 0.25) is 0 Å². The van der Waals surface area contributed by atoms with Gasteiger partial charge in [-0.05, 0) is 29.8 Å². The van der Waals surface area contributed by atoms with Gasteiger partial charge in [-0.15, -0.1) is 0 Å². The summed E-state index contributed by atoms with van der Waals surface area (Å²) < 4.78 is 15.9. The first-order chi connectivity index (χ1) is 16.0. The first kappa shape index (κ1) is 22.9. The molecule has 1 aromatic heterocycles. The zero-order chi connectivity index (χ0) is 23.4. The Balaban J connectivity index is 1.66. The van der Waals surface area contributed by atoms with Gasteiger partial charge in [-0.1, -0.05) is 6.07 Å². The van der Waals surface area contributed by atoms with Crippen molar-refractivity contribution in [2.24, 2.45) is 5.92 Å². The van der Waals surface area contributed by atoms with E-state index in [1.165, 1.54) is 25.2 Å². The van der Waals surface area contributed by atoms with Crippen LogP contribution in [0.15, 0.2) is 42.7 Å². The lowest BCUT2D eigenvalue weighted by Gasteiger charge is -2.31. The van der Waals surface area contributed by atoms with Crippen LogP contribution in [0, 0.1) is 5.92 Å². The molecule has 0 radical (unpaired) electrons. The van der Waals surface area contributed by atoms with Gasteiger partial charge in [-0.3, -0.25) is 24.3 Å². The largest absolute Gasteiger partial charge is 0.493 e. The average molecular weight is 453 g/mol. The molecule has 9 nitrogen and oxygen atoms in total. The number of rotatable bonds is 8. The van der Waals surface area contributed by atoms with Crippen molar-refractivity contribution in [3.8, 4) is 11.5 Å². The van der Waals surface area contributed by atoms with Gasteiger partial charge in [0.25, 0.3) is 5.91 Å². The minimum atomic E-state index is -1.16. The van der Waals surface area contributed by atoms with Gasteiger partial charge in [0.05, 0.1) is 33.5 Å². The number of likely N-dealkylation sites (tertiary alicyclic amines) is 1. The lowest BCUT2D eigenvalue weighted by molar-refractivity contribution is -0.141. The fourth-order valence-electron chi connectivity index (χ4n) is 4.39. The van der Waals surface area contributed by atoms with E-state index in [-0.39, 0.29) is 5.56 Å². The highest BCUT2D eigenvalue weighted by Crippen LogP contribution is 2.39. The molecule has 33 heavy (non-hydrogen) atoms. The molecule has 2 aliphatic heterocycles. The number of methoxy groups -OCH3 is 2. The maximum Gasteiger partial charge on any atom is 0.291 e. The van der Waals surface area contributed by atoms with E-state index in [0.717, 1.165) is 13.1 Å². The zero-order valence-electron chi connectivity index (χ0n) is 18.7. The second kappa shape index (κ2) is 10.1. The first-order valence-corrected chi connectivity index (χ1v) is 10.9. The normalized spacial score (nSPS) is 21.3. The molecule has 0 N–H and O–H groups in total. The van der Waals surface area contributed by atoms with Crippen LogP contribution in [0.25, 0.3) is 0 Å². The van der Waals surface area contributed by atoms with Crippen molar-refractivity contribution in [1.29, 1.82) is 0 Å². The van der Waals surface area contributed by atoms with Crippen molar-refractivity contribution in [3.05, 3.63) is 53.9 Å². The van der Waals surface area contributed by atoms with Gasteiger partial charge in [-0.25, -0.2) is 0 Å². The number of morpholine rings is 1. The molecule has 3 heterocycles. The van der Waals surface area contributed by atoms with Crippen LogP contribution in [0.5, 0.6) is 11.5 Å². The number of carbonyl (C=O) groups excluding carboxylic acids is 3. The fraction of sp³-hybridized carbons (Fsp3) is 0.417. The third-order valence-electron chi connectivity index (χ3n) is 6.14. The molecular weight excluding hydrogens is 426 g/mol. The van der Waals surface area contributed by atoms with Gasteiger partial charge in [-0.2, -0.15) is 0 Å². The molecule has 0 saturated carbocycles. The molecule has 2 aliphatic rings. The molecule has 2 saturated heterocycles. The first-order valence-electron chi connectivity index (χ1n) is 10.9. The Bertz CT molecular complexity index is 1020. The highest BCUT2D eigenvalue weighted by Gasteiger charge is 2.51. The number of aromatic nitrogens is 1. The van der Waals surface area contributed by atoms with E-state index in [1.54, 1.807) is 36.7 Å². The number of amides is 1. The summed E-state index contributed by atoms with van der Waals surface area (Å²) in [4.78, 5) is 47.6. The number of ether oxygens (including phenoxy) is 3. The molecule has 2 unspecified atom stereocenters. The van der Waals surface area contributed by atoms with E-state index < -0.39 is 29.4 Å². The molecule has 9 heteroatoms. The molecule has 0 bridgehead atoms. The summed E-state index contributed by atoms with van der Waals surface area (Å²) in [6.45, 7) is 3.73. The summed E-state index contributed by atoms with van der Waals surface area (Å²) in [7, 11) is 2.98. The minimum absolute atomic E-state index is 0.280. The molecule has 2 fully saturated rings. The Labute approximate surface area is 192 Å². The molecule has 1 amide bonds. The van der Waals surface area contributed by atoms with Crippen molar-refractivity contribution < 1.29 is 28.6 Å². The monoisotopic (exact) mass is 453 g/mol. The Morgan fingerprint density at radius 3 is 2.52 bits per heavy atom. The van der Waals surface area contributed by atoms with Gasteiger partial charge < -0.3 is 19.1 Å². The highest BCUT2D eigenvalue weighted by molar-refractivity contribution is 6.44. The van der Waals surface area contributed by atoms with Crippen molar-refractivity contribution in [2.75, 3.05) is 53.6 Å². The predicted molar refractivity (Wildman–Crippen MR) is 118 cm³/mol. The van der Waals surface area contributed by atoms with Crippen molar-refractivity contribution in [1.82, 2.24) is 14.8 Å². The number of hydrogen-bond acceptors (Lipinski definition) is 8. The molecule has 0 aliphatic carbocycles. The standard InChI is InChI=1S/C24H27N3O6/c1-31-18-6-5-16(14-19(18)32-2)22(28)20-21(17-4-3-7-25-15-17)27(24(30)23(20)29)9-8-26-10-12-33-13-11-26/h3-7,14-15,20-21H,8-13H2,1-2H3. The summed E-state index contributed by atoms with van der Waals surface area (Å²) in [6, 6.07) is 7.54. The van der Waals surface area contributed by atoms with Crippen molar-refractivity contribution >= 4 is 17.5 Å². The van der Waals surface area contributed by atoms with Crippen LogP contribution < -0.4 is 9.47 Å². The highest BCUT2D eigenvalue weighted by atomic mass is 16.5. The molecular formula is C24H27N3O6. The lowest BCUT2D eigenvalue weighted by Crippen LogP contribution is -2.42. The molecule has 0 spiro atoms. The number of Topliss-reactive ketones (excluding diaryl/α,β-unsaturated/α-hetero) is 2. The van der Waals surface area contributed by atoms with E-state index >= 15 is 0 Å². The zero-order valence-corrected chi connectivity index (χ0v) is 18.7. The molecule has 4 rings (SSSR count). The average Bonchev–Trinajstić information content (AvgIpc) is 3.12. The van der Waals surface area contributed by atoms with E-state index in [4.69, 9.17) is 14.2 Å². The molecule has 2 aromatic rings. The third kappa shape index (κ3) is 4.60. The van der Waals surface area contributed by atoms with E-state index in [9.17, 15) is 14.4 Å². The van der Waals surface area contributed by atoms with Crippen LogP contribution >= 0.6 is 0 Å². The van der Waals surface area contributed by atoms with Gasteiger partial charge in [0, 0.05) is 44.1 Å². The topological polar surface area (TPSA) is 98.3 Å². The Hall–Kier alpha value is -3.30. The van der Waals surface area contributed by atoms with Gasteiger partial charge in [0.2, 0.25) is 5.78 Å². The quantitative estimate of drug-likeness (QED) is 0.336. The number of benzene rings is 1. The maximum absolute atomic E-state index is 13.6. The van der Waals surface area contributed by atoms with Crippen molar-refractivity contribution in [3.63, 3.8) is 0 Å². The Morgan fingerprint density at radius 1 is 1.09 bits per heavy atom. The smallest absolute Gasteiger partial charge is 0.291 e. The summed E-state index contributed by atoms with van der Waals surface area (Å²) in [6.07, 6.45) is 3.22. The Kier molecular flexibility index (Phi) is 7.00. The molecule has 1 aromatic carbocycles. The summed E-state index contributed by atoms with van der Waals surface area (Å²) in [5.74, 6) is -2.09.